The number of aliphatic hydroxyl groups excluding tert-OH is 2. The standard InChI is InChI=1S/C53H89NO3/c1-3-5-7-9-11-13-15-17-19-21-23-25-27-29-31-33-35-37-39-41-43-45-47-49-53(57)54-51(50-55)52(56)48-46-44-42-40-38-36-34-32-30-28-26-24-22-20-18-16-14-12-10-8-6-4-2/h5,7,11,13,17,19,23,25,29,31,35,37-38,40-41,43,46,48,51-52,55-56H,3-4,6,8-10,12,14-16,18,20-22,24,26-28,30,32-34,36,39,42,44-45,47,49-50H2,1-2H3,(H,54,57)/b7-5-,13-11-,19-17-,25-23-,31-29-,37-35-,40-38+,43-41-,48-46+. The fraction of sp³-hybridized carbons (Fsp3) is 0.642. The SMILES string of the molecule is CC/C=C\C/C=C\C/C=C\C/C=C\C/C=C\C/C=C\C/C=C\CCCC(=O)NC(CO)C(O)/C=C/CC/C=C/CCCCCCCCCCCCCCCCCC. The van der Waals surface area contributed by atoms with E-state index in [0.717, 1.165) is 77.0 Å². The van der Waals surface area contributed by atoms with Gasteiger partial charge < -0.3 is 15.5 Å². The number of carbonyl (C=O) groups excluding carboxylic acids is 1. The van der Waals surface area contributed by atoms with E-state index in [-0.39, 0.29) is 12.5 Å². The molecule has 0 aromatic carbocycles. The molecule has 0 saturated carbocycles. The van der Waals surface area contributed by atoms with Crippen LogP contribution < -0.4 is 5.32 Å². The second-order valence-corrected chi connectivity index (χ2v) is 15.4. The summed E-state index contributed by atoms with van der Waals surface area (Å²) in [5, 5.41) is 23.0. The molecule has 0 fully saturated rings. The van der Waals surface area contributed by atoms with Crippen LogP contribution in [0.3, 0.4) is 0 Å². The molecule has 0 radical (unpaired) electrons. The van der Waals surface area contributed by atoms with Crippen molar-refractivity contribution in [3.05, 3.63) is 109 Å². The highest BCUT2D eigenvalue weighted by molar-refractivity contribution is 5.76. The first-order valence-electron chi connectivity index (χ1n) is 23.6. The number of unbranched alkanes of at least 4 members (excludes halogenated alkanes) is 18. The molecule has 0 aromatic heterocycles. The highest BCUT2D eigenvalue weighted by atomic mass is 16.3. The minimum atomic E-state index is -0.894. The molecule has 3 N–H and O–H groups in total. The van der Waals surface area contributed by atoms with Crippen LogP contribution in [0.5, 0.6) is 0 Å². The monoisotopic (exact) mass is 788 g/mol. The summed E-state index contributed by atoms with van der Waals surface area (Å²) in [6, 6.07) is -0.678. The van der Waals surface area contributed by atoms with E-state index in [9.17, 15) is 15.0 Å². The van der Waals surface area contributed by atoms with Crippen LogP contribution in [0.2, 0.25) is 0 Å². The number of allylic oxidation sites excluding steroid dienone is 17. The molecule has 57 heavy (non-hydrogen) atoms. The number of aliphatic hydroxyl groups is 2. The Kier molecular flexibility index (Phi) is 45.0. The molecule has 0 rings (SSSR count). The Labute approximate surface area is 353 Å². The Morgan fingerprint density at radius 2 is 0.789 bits per heavy atom. The Morgan fingerprint density at radius 1 is 0.439 bits per heavy atom. The van der Waals surface area contributed by atoms with Crippen molar-refractivity contribution in [2.75, 3.05) is 6.61 Å². The first-order chi connectivity index (χ1) is 28.2. The molecule has 1 amide bonds. The van der Waals surface area contributed by atoms with Crippen LogP contribution >= 0.6 is 0 Å². The minimum Gasteiger partial charge on any atom is -0.394 e. The molecule has 0 aromatic rings. The van der Waals surface area contributed by atoms with Crippen molar-refractivity contribution in [2.24, 2.45) is 0 Å². The third-order valence-electron chi connectivity index (χ3n) is 9.99. The average molecular weight is 788 g/mol. The number of hydrogen-bond donors (Lipinski definition) is 3. The molecule has 0 aliphatic rings. The topological polar surface area (TPSA) is 69.6 Å². The fourth-order valence-corrected chi connectivity index (χ4v) is 6.42. The van der Waals surface area contributed by atoms with Crippen LogP contribution in [0.4, 0.5) is 0 Å². The zero-order valence-corrected chi connectivity index (χ0v) is 37.1. The predicted molar refractivity (Wildman–Crippen MR) is 253 cm³/mol. The molecular weight excluding hydrogens is 699 g/mol. The van der Waals surface area contributed by atoms with Crippen LogP contribution in [-0.2, 0) is 4.79 Å². The molecule has 4 nitrogen and oxygen atoms in total. The first-order valence-corrected chi connectivity index (χ1v) is 23.6. The molecular formula is C53H89NO3. The molecule has 2 unspecified atom stereocenters. The smallest absolute Gasteiger partial charge is 0.220 e. The number of rotatable bonds is 41. The van der Waals surface area contributed by atoms with E-state index < -0.39 is 12.1 Å². The molecule has 0 bridgehead atoms. The Bertz CT molecular complexity index is 1120. The van der Waals surface area contributed by atoms with Crippen molar-refractivity contribution in [2.45, 2.75) is 212 Å². The molecule has 4 heteroatoms. The second-order valence-electron chi connectivity index (χ2n) is 15.4. The van der Waals surface area contributed by atoms with E-state index >= 15 is 0 Å². The van der Waals surface area contributed by atoms with Gasteiger partial charge in [0.1, 0.15) is 0 Å². The molecule has 0 spiro atoms. The summed E-state index contributed by atoms with van der Waals surface area (Å²) < 4.78 is 0. The van der Waals surface area contributed by atoms with Gasteiger partial charge in [0, 0.05) is 6.42 Å². The third kappa shape index (κ3) is 44.0. The summed E-state index contributed by atoms with van der Waals surface area (Å²) in [4.78, 5) is 12.4. The summed E-state index contributed by atoms with van der Waals surface area (Å²) in [7, 11) is 0. The van der Waals surface area contributed by atoms with Crippen LogP contribution in [0, 0.1) is 0 Å². The second kappa shape index (κ2) is 47.4. The van der Waals surface area contributed by atoms with E-state index in [4.69, 9.17) is 0 Å². The molecule has 0 saturated heterocycles. The van der Waals surface area contributed by atoms with Gasteiger partial charge in [0.2, 0.25) is 5.91 Å². The van der Waals surface area contributed by atoms with Gasteiger partial charge in [-0.3, -0.25) is 4.79 Å². The van der Waals surface area contributed by atoms with Crippen molar-refractivity contribution in [3.63, 3.8) is 0 Å². The van der Waals surface area contributed by atoms with Gasteiger partial charge in [-0.25, -0.2) is 0 Å². The first kappa shape index (κ1) is 54.0. The van der Waals surface area contributed by atoms with Crippen molar-refractivity contribution >= 4 is 5.91 Å². The molecule has 0 aliphatic carbocycles. The quantitative estimate of drug-likeness (QED) is 0.0427. The van der Waals surface area contributed by atoms with Gasteiger partial charge in [0.25, 0.3) is 0 Å². The van der Waals surface area contributed by atoms with E-state index in [1.165, 1.54) is 103 Å². The Balaban J connectivity index is 3.75. The lowest BCUT2D eigenvalue weighted by Crippen LogP contribution is -2.45. The summed E-state index contributed by atoms with van der Waals surface area (Å²) in [5.41, 5.74) is 0. The molecule has 2 atom stereocenters. The maximum atomic E-state index is 12.4. The fourth-order valence-electron chi connectivity index (χ4n) is 6.42. The zero-order valence-electron chi connectivity index (χ0n) is 37.1. The summed E-state index contributed by atoms with van der Waals surface area (Å²) in [6.45, 7) is 4.15. The average Bonchev–Trinajstić information content (AvgIpc) is 3.22. The molecule has 0 aliphatic heterocycles. The maximum absolute atomic E-state index is 12.4. The zero-order chi connectivity index (χ0) is 41.4. The van der Waals surface area contributed by atoms with Gasteiger partial charge in [-0.1, -0.05) is 220 Å². The van der Waals surface area contributed by atoms with Gasteiger partial charge in [-0.15, -0.1) is 0 Å². The van der Waals surface area contributed by atoms with E-state index in [0.29, 0.717) is 6.42 Å². The number of nitrogens with one attached hydrogen (secondary N) is 1. The molecule has 0 heterocycles. The van der Waals surface area contributed by atoms with Gasteiger partial charge in [-0.05, 0) is 83.5 Å². The van der Waals surface area contributed by atoms with Crippen LogP contribution in [0.1, 0.15) is 200 Å². The van der Waals surface area contributed by atoms with E-state index in [2.05, 4.69) is 116 Å². The molecule has 324 valence electrons. The van der Waals surface area contributed by atoms with Gasteiger partial charge >= 0.3 is 0 Å². The number of amides is 1. The van der Waals surface area contributed by atoms with Crippen LogP contribution in [-0.4, -0.2) is 34.9 Å². The predicted octanol–water partition coefficient (Wildman–Crippen LogP) is 15.2. The highest BCUT2D eigenvalue weighted by Gasteiger charge is 2.17. The lowest BCUT2D eigenvalue weighted by atomic mass is 10.0. The van der Waals surface area contributed by atoms with Crippen molar-refractivity contribution in [1.82, 2.24) is 5.32 Å². The van der Waals surface area contributed by atoms with Crippen LogP contribution in [0.25, 0.3) is 0 Å². The Hall–Kier alpha value is -2.95. The number of carbonyl (C=O) groups is 1. The minimum absolute atomic E-state index is 0.135. The lowest BCUT2D eigenvalue weighted by molar-refractivity contribution is -0.122. The normalized spacial score (nSPS) is 14.0. The van der Waals surface area contributed by atoms with Gasteiger partial charge in [0.05, 0.1) is 18.8 Å². The lowest BCUT2D eigenvalue weighted by Gasteiger charge is -2.19. The van der Waals surface area contributed by atoms with E-state index in [1.807, 2.05) is 6.08 Å². The van der Waals surface area contributed by atoms with Crippen molar-refractivity contribution in [3.8, 4) is 0 Å². The summed E-state index contributed by atoms with van der Waals surface area (Å²) in [6.07, 6.45) is 72.1. The van der Waals surface area contributed by atoms with Crippen molar-refractivity contribution < 1.29 is 15.0 Å². The third-order valence-corrected chi connectivity index (χ3v) is 9.99. The van der Waals surface area contributed by atoms with E-state index in [1.54, 1.807) is 6.08 Å². The van der Waals surface area contributed by atoms with Crippen molar-refractivity contribution in [1.29, 1.82) is 0 Å². The summed E-state index contributed by atoms with van der Waals surface area (Å²) >= 11 is 0. The van der Waals surface area contributed by atoms with Gasteiger partial charge in [0.15, 0.2) is 0 Å². The van der Waals surface area contributed by atoms with Gasteiger partial charge in [-0.2, -0.15) is 0 Å². The number of hydrogen-bond acceptors (Lipinski definition) is 3. The highest BCUT2D eigenvalue weighted by Crippen LogP contribution is 2.14. The largest absolute Gasteiger partial charge is 0.394 e. The Morgan fingerprint density at radius 3 is 1.23 bits per heavy atom. The van der Waals surface area contributed by atoms with Crippen LogP contribution in [0.15, 0.2) is 109 Å². The maximum Gasteiger partial charge on any atom is 0.220 e. The summed E-state index contributed by atoms with van der Waals surface area (Å²) in [5.74, 6) is -0.135.